The molecule has 1 atom stereocenters. The Morgan fingerprint density at radius 2 is 1.71 bits per heavy atom. The van der Waals surface area contributed by atoms with Crippen molar-refractivity contribution in [3.05, 3.63) is 105 Å². The molecule has 12 heteroatoms. The summed E-state index contributed by atoms with van der Waals surface area (Å²) in [5.41, 5.74) is 2.08. The number of ether oxygens (including phenoxy) is 2. The zero-order chi connectivity index (χ0) is 32.6. The molecule has 0 aliphatic heterocycles. The molecule has 1 unspecified atom stereocenters. The van der Waals surface area contributed by atoms with E-state index in [9.17, 15) is 23.1 Å². The topological polar surface area (TPSA) is 132 Å². The summed E-state index contributed by atoms with van der Waals surface area (Å²) in [5, 5.41) is 15.6. The lowest BCUT2D eigenvalue weighted by atomic mass is 9.93. The highest BCUT2D eigenvalue weighted by Crippen LogP contribution is 2.24. The van der Waals surface area contributed by atoms with Gasteiger partial charge in [-0.05, 0) is 73.0 Å². The van der Waals surface area contributed by atoms with Crippen molar-refractivity contribution < 1.29 is 32.6 Å². The molecule has 0 radical (unpaired) electrons. The highest BCUT2D eigenvalue weighted by atomic mass is 35.5. The Morgan fingerprint density at radius 1 is 1.00 bits per heavy atom. The van der Waals surface area contributed by atoms with E-state index in [0.29, 0.717) is 36.6 Å². The Bertz CT molecular complexity index is 1710. The smallest absolute Gasteiger partial charge is 0.366 e. The Balaban J connectivity index is 1.27. The maximum Gasteiger partial charge on any atom is 0.366 e. The molecule has 0 spiro atoms. The van der Waals surface area contributed by atoms with Crippen LogP contribution in [0.5, 0.6) is 11.5 Å². The van der Waals surface area contributed by atoms with Crippen LogP contribution >= 0.6 is 22.9 Å². The molecule has 0 bridgehead atoms. The third kappa shape index (κ3) is 10.0. The molecule has 45 heavy (non-hydrogen) atoms. The van der Waals surface area contributed by atoms with Gasteiger partial charge in [-0.25, -0.2) is 18.2 Å². The lowest BCUT2D eigenvalue weighted by Crippen LogP contribution is -2.44. The number of hydrogen-bond acceptors (Lipinski definition) is 8. The van der Waals surface area contributed by atoms with E-state index in [2.05, 4.69) is 36.5 Å². The Morgan fingerprint density at radius 3 is 2.36 bits per heavy atom. The van der Waals surface area contributed by atoms with Crippen LogP contribution in [0.4, 0.5) is 0 Å². The largest absolute Gasteiger partial charge is 0.493 e. The van der Waals surface area contributed by atoms with Crippen LogP contribution in [0, 0.1) is 0 Å². The molecule has 0 saturated carbocycles. The molecule has 0 aliphatic rings. The van der Waals surface area contributed by atoms with Crippen molar-refractivity contribution in [1.82, 2.24) is 10.3 Å². The molecule has 3 aromatic carbocycles. The first kappa shape index (κ1) is 34.0. The summed E-state index contributed by atoms with van der Waals surface area (Å²) in [4.78, 5) is 29.7. The molecule has 1 aromatic heterocycles. The molecule has 0 fully saturated rings. The minimum Gasteiger partial charge on any atom is -0.493 e. The summed E-state index contributed by atoms with van der Waals surface area (Å²) in [6, 6.07) is 19.1. The Hall–Kier alpha value is -3.93. The van der Waals surface area contributed by atoms with E-state index < -0.39 is 27.9 Å². The highest BCUT2D eigenvalue weighted by Gasteiger charge is 2.23. The quantitative estimate of drug-likeness (QED) is 0.149. The van der Waals surface area contributed by atoms with Gasteiger partial charge in [0.2, 0.25) is 0 Å². The van der Waals surface area contributed by atoms with Gasteiger partial charge in [0.05, 0.1) is 28.0 Å². The van der Waals surface area contributed by atoms with Crippen LogP contribution in [0.15, 0.2) is 83.1 Å². The number of carbonyl (C=O) groups is 2. The first-order valence-electron chi connectivity index (χ1n) is 14.3. The van der Waals surface area contributed by atoms with Gasteiger partial charge in [-0.3, -0.25) is 4.79 Å². The first-order chi connectivity index (χ1) is 21.3. The molecule has 4 aromatic rings. The average molecular weight is 671 g/mol. The van der Waals surface area contributed by atoms with Crippen LogP contribution in [-0.4, -0.2) is 49.0 Å². The van der Waals surface area contributed by atoms with Crippen molar-refractivity contribution >= 4 is 44.7 Å². The van der Waals surface area contributed by atoms with Gasteiger partial charge in [0.1, 0.15) is 11.5 Å². The predicted octanol–water partition coefficient (Wildman–Crippen LogP) is 6.34. The van der Waals surface area contributed by atoms with Gasteiger partial charge in [0.15, 0.2) is 9.84 Å². The number of carboxylic acid groups (broad SMARTS) is 1. The summed E-state index contributed by atoms with van der Waals surface area (Å²) < 4.78 is 36.5. The van der Waals surface area contributed by atoms with Gasteiger partial charge >= 0.3 is 5.97 Å². The average Bonchev–Trinajstić information content (AvgIpc) is 3.48. The molecule has 4 rings (SSSR count). The van der Waals surface area contributed by atoms with Crippen molar-refractivity contribution in [1.29, 1.82) is 0 Å². The molecule has 0 saturated heterocycles. The predicted molar refractivity (Wildman–Crippen MR) is 174 cm³/mol. The number of aryl methyl sites for hydroxylation is 1. The number of aliphatic carboxylic acids is 1. The van der Waals surface area contributed by atoms with E-state index in [1.165, 1.54) is 12.1 Å². The van der Waals surface area contributed by atoms with E-state index in [1.807, 2.05) is 0 Å². The minimum atomic E-state index is -3.44. The molecule has 2 N–H and O–H groups in total. The monoisotopic (exact) mass is 670 g/mol. The van der Waals surface area contributed by atoms with Crippen LogP contribution in [0.1, 0.15) is 53.8 Å². The van der Waals surface area contributed by atoms with Crippen molar-refractivity contribution in [2.24, 2.45) is 0 Å². The fraction of sp³-hybridized carbons (Fsp3) is 0.303. The van der Waals surface area contributed by atoms with Crippen LogP contribution in [-0.2, 0) is 32.9 Å². The number of sulfone groups is 1. The summed E-state index contributed by atoms with van der Waals surface area (Å²) in [6.45, 7) is 6.71. The van der Waals surface area contributed by atoms with Crippen LogP contribution < -0.4 is 14.8 Å². The second-order valence-electron chi connectivity index (χ2n) is 11.3. The number of amides is 1. The standard InChI is InChI=1S/C33H35ClN2O7S2/c1-33(2,3)28-21-44-29(35-28)17-18-42-26-8-4-7-23(20-26)30(37)36-31(32(38)39)43-25-13-9-22(10-14-25)6-5-19-45(40,41)27-15-11-24(34)12-16-27/h4,7-16,20-21,31H,5-6,17-19H2,1-3H3,(H,36,37)(H,38,39). The van der Waals surface area contributed by atoms with Crippen LogP contribution in [0.25, 0.3) is 0 Å². The lowest BCUT2D eigenvalue weighted by molar-refractivity contribution is -0.146. The Kier molecular flexibility index (Phi) is 11.2. The highest BCUT2D eigenvalue weighted by molar-refractivity contribution is 7.91. The van der Waals surface area contributed by atoms with Gasteiger partial charge < -0.3 is 19.9 Å². The van der Waals surface area contributed by atoms with Crippen molar-refractivity contribution in [3.8, 4) is 11.5 Å². The van der Waals surface area contributed by atoms with Crippen molar-refractivity contribution in [2.45, 2.75) is 56.6 Å². The van der Waals surface area contributed by atoms with Crippen LogP contribution in [0.3, 0.4) is 0 Å². The van der Waals surface area contributed by atoms with E-state index >= 15 is 0 Å². The van der Waals surface area contributed by atoms with E-state index in [1.54, 1.807) is 72.0 Å². The van der Waals surface area contributed by atoms with Gasteiger partial charge in [0, 0.05) is 27.8 Å². The molecule has 1 amide bonds. The first-order valence-corrected chi connectivity index (χ1v) is 17.2. The summed E-state index contributed by atoms with van der Waals surface area (Å²) in [7, 11) is -3.44. The fourth-order valence-corrected chi connectivity index (χ4v) is 6.64. The molecule has 0 aliphatic carbocycles. The second kappa shape index (κ2) is 14.9. The maximum atomic E-state index is 12.9. The van der Waals surface area contributed by atoms with Crippen LogP contribution in [0.2, 0.25) is 5.02 Å². The zero-order valence-corrected chi connectivity index (χ0v) is 27.5. The molecule has 238 valence electrons. The molecular weight excluding hydrogens is 636 g/mol. The maximum absolute atomic E-state index is 12.9. The van der Waals surface area contributed by atoms with Gasteiger partial charge in [0.25, 0.3) is 12.1 Å². The zero-order valence-electron chi connectivity index (χ0n) is 25.2. The summed E-state index contributed by atoms with van der Waals surface area (Å²) in [5.74, 6) is -1.34. The number of hydrogen-bond donors (Lipinski definition) is 2. The van der Waals surface area contributed by atoms with Crippen molar-refractivity contribution in [2.75, 3.05) is 12.4 Å². The molecule has 1 heterocycles. The Labute approximate surface area is 272 Å². The molecule has 9 nitrogen and oxygen atoms in total. The van der Waals surface area contributed by atoms with Gasteiger partial charge in [-0.2, -0.15) is 0 Å². The number of thiazole rings is 1. The third-order valence-electron chi connectivity index (χ3n) is 6.72. The molecular formula is C33H35ClN2O7S2. The third-order valence-corrected chi connectivity index (χ3v) is 9.69. The summed E-state index contributed by atoms with van der Waals surface area (Å²) >= 11 is 7.43. The number of carboxylic acids is 1. The second-order valence-corrected chi connectivity index (χ2v) is 14.8. The number of nitrogens with zero attached hydrogens (tertiary/aromatic N) is 1. The fourth-order valence-electron chi connectivity index (χ4n) is 4.19. The number of aromatic nitrogens is 1. The van der Waals surface area contributed by atoms with Gasteiger partial charge in [-0.15, -0.1) is 11.3 Å². The van der Waals surface area contributed by atoms with E-state index in [0.717, 1.165) is 16.3 Å². The normalized spacial score (nSPS) is 12.4. The van der Waals surface area contributed by atoms with Crippen molar-refractivity contribution in [3.63, 3.8) is 0 Å². The lowest BCUT2D eigenvalue weighted by Gasteiger charge is -2.17. The number of halogens is 1. The van der Waals surface area contributed by atoms with E-state index in [4.69, 9.17) is 21.1 Å². The number of nitrogens with one attached hydrogen (secondary N) is 1. The van der Waals surface area contributed by atoms with Gasteiger partial charge in [-0.1, -0.05) is 50.6 Å². The summed E-state index contributed by atoms with van der Waals surface area (Å²) in [6.07, 6.45) is -0.135. The number of carbonyl (C=O) groups excluding carboxylic acids is 1. The number of benzene rings is 3. The minimum absolute atomic E-state index is 0.0230. The number of rotatable bonds is 14. The SMILES string of the molecule is CC(C)(C)c1csc(CCOc2cccc(C(=O)NC(Oc3ccc(CCCS(=O)(=O)c4ccc(Cl)cc4)cc3)C(=O)O)c2)n1. The van der Waals surface area contributed by atoms with E-state index in [-0.39, 0.29) is 27.4 Å².